The van der Waals surface area contributed by atoms with Crippen molar-refractivity contribution in [2.24, 2.45) is 0 Å². The minimum atomic E-state index is -0.224. The van der Waals surface area contributed by atoms with Crippen molar-refractivity contribution in [1.29, 1.82) is 0 Å². The van der Waals surface area contributed by atoms with Gasteiger partial charge >= 0.3 is 0 Å². The van der Waals surface area contributed by atoms with Gasteiger partial charge in [0.1, 0.15) is 0 Å². The monoisotopic (exact) mass is 293 g/mol. The van der Waals surface area contributed by atoms with Crippen LogP contribution in [-0.4, -0.2) is 25.0 Å². The fourth-order valence-electron chi connectivity index (χ4n) is 3.95. The molecule has 0 bridgehead atoms. The quantitative estimate of drug-likeness (QED) is 0.906. The summed E-state index contributed by atoms with van der Waals surface area (Å²) in [4.78, 5) is 1.60. The molecule has 0 amide bonds. The second kappa shape index (κ2) is 5.41. The lowest BCUT2D eigenvalue weighted by molar-refractivity contribution is -0.179. The Bertz CT molecular complexity index is 457. The Hall–Kier alpha value is -0.420. The van der Waals surface area contributed by atoms with Gasteiger partial charge in [0.15, 0.2) is 5.79 Å². The maximum atomic E-state index is 5.82. The van der Waals surface area contributed by atoms with E-state index in [1.165, 1.54) is 32.1 Å². The molecule has 0 radical (unpaired) electrons. The fraction of sp³-hybridized carbons (Fsp3) is 0.750. The number of thiophene rings is 1. The van der Waals surface area contributed by atoms with E-state index < -0.39 is 0 Å². The van der Waals surface area contributed by atoms with Crippen molar-refractivity contribution in [3.63, 3.8) is 0 Å². The van der Waals surface area contributed by atoms with E-state index in [1.807, 2.05) is 11.3 Å². The molecule has 1 aliphatic heterocycles. The topological polar surface area (TPSA) is 30.5 Å². The van der Waals surface area contributed by atoms with Crippen LogP contribution in [0.15, 0.2) is 11.4 Å². The van der Waals surface area contributed by atoms with E-state index in [2.05, 4.69) is 16.8 Å². The van der Waals surface area contributed by atoms with E-state index in [4.69, 9.17) is 9.47 Å². The zero-order chi connectivity index (χ0) is 13.4. The van der Waals surface area contributed by atoms with Crippen molar-refractivity contribution in [2.45, 2.75) is 62.8 Å². The molecule has 1 spiro atoms. The van der Waals surface area contributed by atoms with E-state index in [0.717, 1.165) is 26.1 Å². The number of ether oxygens (including phenoxy) is 2. The smallest absolute Gasteiger partial charge is 0.168 e. The van der Waals surface area contributed by atoms with Gasteiger partial charge in [-0.15, -0.1) is 11.3 Å². The minimum Gasteiger partial charge on any atom is -0.348 e. The second-order valence-corrected chi connectivity index (χ2v) is 7.29. The first kappa shape index (κ1) is 13.3. The van der Waals surface area contributed by atoms with E-state index in [0.29, 0.717) is 12.1 Å². The summed E-state index contributed by atoms with van der Waals surface area (Å²) in [6.45, 7) is 1.55. The molecule has 1 saturated heterocycles. The van der Waals surface area contributed by atoms with Crippen LogP contribution in [0.3, 0.4) is 0 Å². The molecule has 1 aromatic rings. The Morgan fingerprint density at radius 1 is 1.15 bits per heavy atom. The van der Waals surface area contributed by atoms with E-state index in [1.54, 1.807) is 10.4 Å². The molecule has 1 aromatic heterocycles. The molecule has 1 N–H and O–H groups in total. The molecule has 1 atom stereocenters. The summed E-state index contributed by atoms with van der Waals surface area (Å²) in [5, 5.41) is 6.15. The third kappa shape index (κ3) is 2.43. The number of aryl methyl sites for hydroxylation is 1. The molecule has 2 aliphatic carbocycles. The number of rotatable bonds is 2. The molecule has 3 aliphatic rings. The largest absolute Gasteiger partial charge is 0.348 e. The molecule has 20 heavy (non-hydrogen) atoms. The molecular formula is C16H23NO2S. The predicted octanol–water partition coefficient (Wildman–Crippen LogP) is 3.40. The molecule has 0 aromatic carbocycles. The molecule has 1 unspecified atom stereocenters. The molecule has 110 valence electrons. The zero-order valence-electron chi connectivity index (χ0n) is 11.9. The lowest BCUT2D eigenvalue weighted by Crippen LogP contribution is -2.43. The lowest BCUT2D eigenvalue weighted by Gasteiger charge is -2.38. The van der Waals surface area contributed by atoms with Crippen LogP contribution in [0.4, 0.5) is 0 Å². The van der Waals surface area contributed by atoms with Crippen molar-refractivity contribution >= 4 is 11.3 Å². The van der Waals surface area contributed by atoms with Crippen LogP contribution in [0.1, 0.15) is 55.0 Å². The van der Waals surface area contributed by atoms with Crippen molar-refractivity contribution in [1.82, 2.24) is 5.32 Å². The zero-order valence-corrected chi connectivity index (χ0v) is 12.7. The summed E-state index contributed by atoms with van der Waals surface area (Å²) in [7, 11) is 0. The van der Waals surface area contributed by atoms with Gasteiger partial charge in [0.05, 0.1) is 13.2 Å². The summed E-state index contributed by atoms with van der Waals surface area (Å²) in [5.41, 5.74) is 1.56. The van der Waals surface area contributed by atoms with Gasteiger partial charge in [-0.05, 0) is 49.1 Å². The third-order valence-electron chi connectivity index (χ3n) is 5.05. The summed E-state index contributed by atoms with van der Waals surface area (Å²) in [6, 6.07) is 3.53. The number of hydrogen-bond donors (Lipinski definition) is 1. The maximum Gasteiger partial charge on any atom is 0.168 e. The summed E-state index contributed by atoms with van der Waals surface area (Å²) >= 11 is 1.93. The highest BCUT2D eigenvalue weighted by atomic mass is 32.1. The van der Waals surface area contributed by atoms with Gasteiger partial charge in [-0.1, -0.05) is 0 Å². The molecule has 2 fully saturated rings. The fourth-order valence-corrected chi connectivity index (χ4v) is 4.94. The Balaban J connectivity index is 1.37. The van der Waals surface area contributed by atoms with Crippen LogP contribution < -0.4 is 5.32 Å². The van der Waals surface area contributed by atoms with Gasteiger partial charge in [-0.2, -0.15) is 0 Å². The number of nitrogens with one attached hydrogen (secondary N) is 1. The third-order valence-corrected chi connectivity index (χ3v) is 6.05. The summed E-state index contributed by atoms with van der Waals surface area (Å²) in [5.74, 6) is -0.224. The SMILES string of the molecule is c1cc2c(s1)CCCC2NC1CCC2(CC1)OCCO2. The molecule has 2 heterocycles. The highest BCUT2D eigenvalue weighted by Crippen LogP contribution is 2.38. The maximum absolute atomic E-state index is 5.82. The van der Waals surface area contributed by atoms with Crippen molar-refractivity contribution < 1.29 is 9.47 Å². The van der Waals surface area contributed by atoms with Gasteiger partial charge in [0, 0.05) is 29.8 Å². The molecule has 4 heteroatoms. The first-order valence-electron chi connectivity index (χ1n) is 7.95. The van der Waals surface area contributed by atoms with Gasteiger partial charge in [-0.25, -0.2) is 0 Å². The summed E-state index contributed by atoms with van der Waals surface area (Å²) < 4.78 is 11.6. The van der Waals surface area contributed by atoms with Crippen molar-refractivity contribution in [2.75, 3.05) is 13.2 Å². The van der Waals surface area contributed by atoms with E-state index in [-0.39, 0.29) is 5.79 Å². The van der Waals surface area contributed by atoms with E-state index in [9.17, 15) is 0 Å². The average molecular weight is 293 g/mol. The summed E-state index contributed by atoms with van der Waals surface area (Å²) in [6.07, 6.45) is 8.35. The predicted molar refractivity (Wildman–Crippen MR) is 80.0 cm³/mol. The highest BCUT2D eigenvalue weighted by molar-refractivity contribution is 7.10. The van der Waals surface area contributed by atoms with Gasteiger partial charge in [0.2, 0.25) is 0 Å². The second-order valence-electron chi connectivity index (χ2n) is 6.29. The highest BCUT2D eigenvalue weighted by Gasteiger charge is 2.40. The Morgan fingerprint density at radius 3 is 2.75 bits per heavy atom. The first-order valence-corrected chi connectivity index (χ1v) is 8.83. The van der Waals surface area contributed by atoms with Crippen LogP contribution in [0, 0.1) is 0 Å². The van der Waals surface area contributed by atoms with Gasteiger partial charge < -0.3 is 14.8 Å². The van der Waals surface area contributed by atoms with Crippen molar-refractivity contribution in [3.8, 4) is 0 Å². The molecular weight excluding hydrogens is 270 g/mol. The first-order chi connectivity index (χ1) is 9.85. The number of hydrogen-bond acceptors (Lipinski definition) is 4. The average Bonchev–Trinajstić information content (AvgIpc) is 3.12. The van der Waals surface area contributed by atoms with Crippen LogP contribution >= 0.6 is 11.3 Å². The van der Waals surface area contributed by atoms with Crippen LogP contribution in [0.2, 0.25) is 0 Å². The Labute approximate surface area is 124 Å². The van der Waals surface area contributed by atoms with Crippen LogP contribution in [0.5, 0.6) is 0 Å². The standard InChI is InChI=1S/C16H23NO2S/c1-2-14(13-6-11-20-15(13)3-1)17-12-4-7-16(8-5-12)18-9-10-19-16/h6,11-12,14,17H,1-5,7-10H2. The Kier molecular flexibility index (Phi) is 3.59. The Morgan fingerprint density at radius 2 is 1.95 bits per heavy atom. The lowest BCUT2D eigenvalue weighted by atomic mass is 9.87. The molecule has 1 saturated carbocycles. The van der Waals surface area contributed by atoms with Gasteiger partial charge in [-0.3, -0.25) is 0 Å². The normalized spacial score (nSPS) is 29.7. The minimum absolute atomic E-state index is 0.224. The van der Waals surface area contributed by atoms with Gasteiger partial charge in [0.25, 0.3) is 0 Å². The van der Waals surface area contributed by atoms with Crippen LogP contribution in [0.25, 0.3) is 0 Å². The van der Waals surface area contributed by atoms with Crippen molar-refractivity contribution in [3.05, 3.63) is 21.9 Å². The molecule has 3 nitrogen and oxygen atoms in total. The molecule has 4 rings (SSSR count). The van der Waals surface area contributed by atoms with E-state index >= 15 is 0 Å². The number of fused-ring (bicyclic) bond motifs is 1. The van der Waals surface area contributed by atoms with Crippen LogP contribution in [-0.2, 0) is 15.9 Å².